The smallest absolute Gasteiger partial charge is 0.416 e. The summed E-state index contributed by atoms with van der Waals surface area (Å²) in [5.74, 6) is -1.37. The second-order valence-corrected chi connectivity index (χ2v) is 3.70. The predicted molar refractivity (Wildman–Crippen MR) is 56.0 cm³/mol. The van der Waals surface area contributed by atoms with Crippen molar-refractivity contribution in [2.75, 3.05) is 13.7 Å². The number of halogens is 6. The van der Waals surface area contributed by atoms with E-state index in [0.29, 0.717) is 12.1 Å². The number of benzene rings is 1. The van der Waals surface area contributed by atoms with Crippen LogP contribution in [0.3, 0.4) is 0 Å². The van der Waals surface area contributed by atoms with Crippen molar-refractivity contribution in [1.29, 1.82) is 0 Å². The van der Waals surface area contributed by atoms with Crippen LogP contribution < -0.4 is 10.1 Å². The van der Waals surface area contributed by atoms with Crippen LogP contribution in [0.2, 0.25) is 0 Å². The number of carbonyl (C=O) groups is 1. The third kappa shape index (κ3) is 4.32. The molecule has 1 rings (SSSR count). The van der Waals surface area contributed by atoms with Crippen LogP contribution in [0, 0.1) is 0 Å². The molecule has 1 amide bonds. The second-order valence-electron chi connectivity index (χ2n) is 3.70. The highest BCUT2D eigenvalue weighted by molar-refractivity contribution is 5.77. The summed E-state index contributed by atoms with van der Waals surface area (Å²) in [5.41, 5.74) is -3.00. The van der Waals surface area contributed by atoms with Gasteiger partial charge in [-0.3, -0.25) is 4.79 Å². The summed E-state index contributed by atoms with van der Waals surface area (Å²) in [4.78, 5) is 10.9. The van der Waals surface area contributed by atoms with Crippen molar-refractivity contribution in [3.8, 4) is 5.75 Å². The molecule has 0 aromatic heterocycles. The summed E-state index contributed by atoms with van der Waals surface area (Å²) in [6, 6.07) is 0.781. The Morgan fingerprint density at radius 2 is 1.50 bits per heavy atom. The molecule has 0 radical (unpaired) electrons. The SMILES string of the molecule is CNC(=O)COc1cc(C(F)(F)F)cc(C(F)(F)F)c1. The molecule has 112 valence electrons. The van der Waals surface area contributed by atoms with Crippen LogP contribution in [0.25, 0.3) is 0 Å². The molecule has 0 aliphatic heterocycles. The summed E-state index contributed by atoms with van der Waals surface area (Å²) in [7, 11) is 1.25. The van der Waals surface area contributed by atoms with Crippen molar-refractivity contribution in [1.82, 2.24) is 5.32 Å². The van der Waals surface area contributed by atoms with E-state index in [1.165, 1.54) is 7.05 Å². The van der Waals surface area contributed by atoms with Crippen LogP contribution in [0.4, 0.5) is 26.3 Å². The molecular weight excluding hydrogens is 292 g/mol. The summed E-state index contributed by atoms with van der Waals surface area (Å²) >= 11 is 0. The van der Waals surface area contributed by atoms with Crippen molar-refractivity contribution in [2.45, 2.75) is 12.4 Å². The van der Waals surface area contributed by atoms with E-state index in [0.717, 1.165) is 0 Å². The highest BCUT2D eigenvalue weighted by Crippen LogP contribution is 2.38. The Labute approximate surface area is 109 Å². The molecular formula is C11H9F6NO2. The van der Waals surface area contributed by atoms with Gasteiger partial charge in [-0.15, -0.1) is 0 Å². The molecule has 0 unspecified atom stereocenters. The van der Waals surface area contributed by atoms with Gasteiger partial charge < -0.3 is 10.1 Å². The van der Waals surface area contributed by atoms with Gasteiger partial charge >= 0.3 is 12.4 Å². The zero-order valence-corrected chi connectivity index (χ0v) is 10.0. The Bertz CT molecular complexity index is 462. The van der Waals surface area contributed by atoms with Crippen LogP contribution in [-0.2, 0) is 17.1 Å². The fourth-order valence-corrected chi connectivity index (χ4v) is 1.23. The molecule has 1 N–H and O–H groups in total. The van der Waals surface area contributed by atoms with Crippen LogP contribution >= 0.6 is 0 Å². The van der Waals surface area contributed by atoms with Gasteiger partial charge in [0.2, 0.25) is 0 Å². The third-order valence-electron chi connectivity index (χ3n) is 2.21. The van der Waals surface area contributed by atoms with Crippen molar-refractivity contribution < 1.29 is 35.9 Å². The lowest BCUT2D eigenvalue weighted by Crippen LogP contribution is -2.25. The van der Waals surface area contributed by atoms with Gasteiger partial charge in [-0.05, 0) is 18.2 Å². The first-order chi connectivity index (χ1) is 9.04. The maximum absolute atomic E-state index is 12.5. The van der Waals surface area contributed by atoms with Gasteiger partial charge in [-0.2, -0.15) is 26.3 Å². The molecule has 0 spiro atoms. The number of hydrogen-bond acceptors (Lipinski definition) is 2. The second kappa shape index (κ2) is 5.59. The molecule has 0 atom stereocenters. The van der Waals surface area contributed by atoms with E-state index in [9.17, 15) is 31.1 Å². The number of rotatable bonds is 3. The summed E-state index contributed by atoms with van der Waals surface area (Å²) in [5, 5.41) is 2.12. The van der Waals surface area contributed by atoms with Gasteiger partial charge in [0.05, 0.1) is 11.1 Å². The molecule has 0 aliphatic carbocycles. The highest BCUT2D eigenvalue weighted by atomic mass is 19.4. The van der Waals surface area contributed by atoms with Crippen LogP contribution in [0.5, 0.6) is 5.75 Å². The molecule has 0 saturated carbocycles. The summed E-state index contributed by atoms with van der Waals surface area (Å²) in [6.07, 6.45) is -9.90. The molecule has 3 nitrogen and oxygen atoms in total. The molecule has 0 bridgehead atoms. The Hall–Kier alpha value is -1.93. The molecule has 1 aromatic carbocycles. The largest absolute Gasteiger partial charge is 0.484 e. The lowest BCUT2D eigenvalue weighted by Gasteiger charge is -2.14. The number of nitrogens with one attached hydrogen (secondary N) is 1. The lowest BCUT2D eigenvalue weighted by atomic mass is 10.1. The molecule has 0 aliphatic rings. The zero-order valence-electron chi connectivity index (χ0n) is 10.0. The lowest BCUT2D eigenvalue weighted by molar-refractivity contribution is -0.143. The number of ether oxygens (including phenoxy) is 1. The highest BCUT2D eigenvalue weighted by Gasteiger charge is 2.37. The normalized spacial score (nSPS) is 12.2. The van der Waals surface area contributed by atoms with Crippen molar-refractivity contribution in [2.24, 2.45) is 0 Å². The van der Waals surface area contributed by atoms with Crippen LogP contribution in [-0.4, -0.2) is 19.6 Å². The van der Waals surface area contributed by atoms with Crippen LogP contribution in [0.1, 0.15) is 11.1 Å². The van der Waals surface area contributed by atoms with Gasteiger partial charge in [0, 0.05) is 7.05 Å². The minimum absolute atomic E-state index is 0.0211. The summed E-state index contributed by atoms with van der Waals surface area (Å²) < 4.78 is 79.6. The number of hydrogen-bond donors (Lipinski definition) is 1. The maximum Gasteiger partial charge on any atom is 0.416 e. The van der Waals surface area contributed by atoms with Crippen molar-refractivity contribution >= 4 is 5.91 Å². The summed E-state index contributed by atoms with van der Waals surface area (Å²) in [6.45, 7) is -0.685. The zero-order chi connectivity index (χ0) is 15.6. The van der Waals surface area contributed by atoms with Gasteiger partial charge in [0.25, 0.3) is 5.91 Å². The van der Waals surface area contributed by atoms with E-state index in [-0.39, 0.29) is 6.07 Å². The Balaban J connectivity index is 3.14. The minimum atomic E-state index is -4.95. The van der Waals surface area contributed by atoms with Gasteiger partial charge in [0.1, 0.15) is 5.75 Å². The average molecular weight is 301 g/mol. The van der Waals surface area contributed by atoms with E-state index in [4.69, 9.17) is 0 Å². The van der Waals surface area contributed by atoms with E-state index in [1.54, 1.807) is 0 Å². The number of alkyl halides is 6. The molecule has 0 heterocycles. The molecule has 0 fully saturated rings. The topological polar surface area (TPSA) is 38.3 Å². The Morgan fingerprint density at radius 3 is 1.85 bits per heavy atom. The Morgan fingerprint density at radius 1 is 1.05 bits per heavy atom. The number of likely N-dealkylation sites (N-methyl/N-ethyl adjacent to an activating group) is 1. The number of amides is 1. The molecule has 9 heteroatoms. The number of carbonyl (C=O) groups excluding carboxylic acids is 1. The fourth-order valence-electron chi connectivity index (χ4n) is 1.23. The third-order valence-corrected chi connectivity index (χ3v) is 2.21. The predicted octanol–water partition coefficient (Wildman–Crippen LogP) is 2.85. The standard InChI is InChI=1S/C11H9F6NO2/c1-18-9(19)5-20-8-3-6(10(12,13)14)2-7(4-8)11(15,16)17/h2-4H,5H2,1H3,(H,18,19). The quantitative estimate of drug-likeness (QED) is 0.872. The van der Waals surface area contributed by atoms with Crippen LogP contribution in [0.15, 0.2) is 18.2 Å². The molecule has 0 saturated heterocycles. The fraction of sp³-hybridized carbons (Fsp3) is 0.364. The first-order valence-corrected chi connectivity index (χ1v) is 5.17. The van der Waals surface area contributed by atoms with E-state index < -0.39 is 41.7 Å². The van der Waals surface area contributed by atoms with Gasteiger partial charge in [0.15, 0.2) is 6.61 Å². The van der Waals surface area contributed by atoms with Crippen molar-refractivity contribution in [3.05, 3.63) is 29.3 Å². The van der Waals surface area contributed by atoms with Crippen molar-refractivity contribution in [3.63, 3.8) is 0 Å². The Kier molecular flexibility index (Phi) is 4.51. The first-order valence-electron chi connectivity index (χ1n) is 5.17. The maximum atomic E-state index is 12.5. The molecule has 20 heavy (non-hydrogen) atoms. The average Bonchev–Trinajstić information content (AvgIpc) is 2.33. The van der Waals surface area contributed by atoms with Gasteiger partial charge in [-0.25, -0.2) is 0 Å². The van der Waals surface area contributed by atoms with Gasteiger partial charge in [-0.1, -0.05) is 0 Å². The molecule has 1 aromatic rings. The van der Waals surface area contributed by atoms with E-state index in [2.05, 4.69) is 10.1 Å². The van der Waals surface area contributed by atoms with E-state index >= 15 is 0 Å². The monoisotopic (exact) mass is 301 g/mol. The first kappa shape index (κ1) is 16.1. The van der Waals surface area contributed by atoms with E-state index in [1.807, 2.05) is 0 Å². The minimum Gasteiger partial charge on any atom is -0.484 e.